The Labute approximate surface area is 184 Å². The summed E-state index contributed by atoms with van der Waals surface area (Å²) in [5.74, 6) is -0.397. The molecule has 0 bridgehead atoms. The number of nitrogens with zero attached hydrogens (tertiary/aromatic N) is 2. The van der Waals surface area contributed by atoms with Gasteiger partial charge in [0.1, 0.15) is 0 Å². The van der Waals surface area contributed by atoms with E-state index in [0.29, 0.717) is 26.2 Å². The minimum absolute atomic E-state index is 0.0116. The highest BCUT2D eigenvalue weighted by atomic mass is 32.2. The molecule has 5 nitrogen and oxygen atoms in total. The highest BCUT2D eigenvalue weighted by molar-refractivity contribution is 7.88. The minimum Gasteiger partial charge on any atom is -0.339 e. The van der Waals surface area contributed by atoms with Crippen molar-refractivity contribution >= 4 is 15.9 Å². The molecule has 0 aromatic heterocycles. The van der Waals surface area contributed by atoms with Gasteiger partial charge in [-0.15, -0.1) is 0 Å². The van der Waals surface area contributed by atoms with Crippen molar-refractivity contribution in [1.29, 1.82) is 0 Å². The minimum atomic E-state index is -3.41. The van der Waals surface area contributed by atoms with Crippen LogP contribution < -0.4 is 0 Å². The van der Waals surface area contributed by atoms with Gasteiger partial charge in [0.2, 0.25) is 15.9 Å². The van der Waals surface area contributed by atoms with E-state index in [0.717, 1.165) is 16.7 Å². The van der Waals surface area contributed by atoms with Crippen LogP contribution in [0.3, 0.4) is 0 Å². The Morgan fingerprint density at radius 3 is 1.65 bits per heavy atom. The molecule has 31 heavy (non-hydrogen) atoms. The van der Waals surface area contributed by atoms with Crippen molar-refractivity contribution in [3.8, 4) is 0 Å². The Morgan fingerprint density at radius 2 is 1.16 bits per heavy atom. The number of carbonyl (C=O) groups is 1. The summed E-state index contributed by atoms with van der Waals surface area (Å²) < 4.78 is 27.2. The molecule has 3 aromatic rings. The predicted molar refractivity (Wildman–Crippen MR) is 122 cm³/mol. The quantitative estimate of drug-likeness (QED) is 0.597. The standard InChI is InChI=1S/C25H26N2O3S/c28-25(24(22-12-6-2-7-13-22)23-14-8-3-9-15-23)26-16-18-27(19-17-26)31(29,30)20-21-10-4-1-5-11-21/h1-15,24H,16-20H2. The lowest BCUT2D eigenvalue weighted by Crippen LogP contribution is -2.51. The van der Waals surface area contributed by atoms with Gasteiger partial charge in [0.15, 0.2) is 0 Å². The van der Waals surface area contributed by atoms with Crippen molar-refractivity contribution in [2.24, 2.45) is 0 Å². The van der Waals surface area contributed by atoms with Gasteiger partial charge in [0, 0.05) is 26.2 Å². The molecule has 0 N–H and O–H groups in total. The summed E-state index contributed by atoms with van der Waals surface area (Å²) in [6.07, 6.45) is 0. The number of carbonyl (C=O) groups excluding carboxylic acids is 1. The summed E-state index contributed by atoms with van der Waals surface area (Å²) in [6, 6.07) is 28.7. The number of hydrogen-bond donors (Lipinski definition) is 0. The number of amides is 1. The second-order valence-electron chi connectivity index (χ2n) is 7.72. The Bertz CT molecular complexity index is 1060. The molecule has 0 spiro atoms. The summed E-state index contributed by atoms with van der Waals surface area (Å²) in [4.78, 5) is 15.3. The van der Waals surface area contributed by atoms with E-state index in [1.807, 2.05) is 91.0 Å². The van der Waals surface area contributed by atoms with E-state index in [-0.39, 0.29) is 11.7 Å². The lowest BCUT2D eigenvalue weighted by atomic mass is 9.90. The summed E-state index contributed by atoms with van der Waals surface area (Å²) in [5, 5.41) is 0. The van der Waals surface area contributed by atoms with Gasteiger partial charge >= 0.3 is 0 Å². The molecule has 1 aliphatic rings. The van der Waals surface area contributed by atoms with Gasteiger partial charge < -0.3 is 4.90 Å². The Morgan fingerprint density at radius 1 is 0.710 bits per heavy atom. The fraction of sp³-hybridized carbons (Fsp3) is 0.240. The largest absolute Gasteiger partial charge is 0.339 e. The number of rotatable bonds is 6. The summed E-state index contributed by atoms with van der Waals surface area (Å²) >= 11 is 0. The molecule has 0 unspecified atom stereocenters. The van der Waals surface area contributed by atoms with Gasteiger partial charge in [-0.05, 0) is 16.7 Å². The molecule has 0 aliphatic carbocycles. The molecule has 160 valence electrons. The van der Waals surface area contributed by atoms with Crippen molar-refractivity contribution in [3.63, 3.8) is 0 Å². The van der Waals surface area contributed by atoms with Crippen molar-refractivity contribution in [1.82, 2.24) is 9.21 Å². The van der Waals surface area contributed by atoms with Crippen LogP contribution in [0.1, 0.15) is 22.6 Å². The number of benzene rings is 3. The van der Waals surface area contributed by atoms with E-state index >= 15 is 0 Å². The summed E-state index contributed by atoms with van der Waals surface area (Å²) in [6.45, 7) is 1.42. The first-order chi connectivity index (χ1) is 15.0. The average molecular weight is 435 g/mol. The number of hydrogen-bond acceptors (Lipinski definition) is 3. The first-order valence-electron chi connectivity index (χ1n) is 10.4. The van der Waals surface area contributed by atoms with Crippen LogP contribution in [-0.4, -0.2) is 49.7 Å². The lowest BCUT2D eigenvalue weighted by Gasteiger charge is -2.36. The first kappa shape index (κ1) is 21.3. The van der Waals surface area contributed by atoms with E-state index in [2.05, 4.69) is 0 Å². The van der Waals surface area contributed by atoms with Crippen LogP contribution in [-0.2, 0) is 20.6 Å². The van der Waals surface area contributed by atoms with Crippen LogP contribution >= 0.6 is 0 Å². The van der Waals surface area contributed by atoms with Crippen LogP contribution in [0.25, 0.3) is 0 Å². The zero-order valence-corrected chi connectivity index (χ0v) is 18.1. The second-order valence-corrected chi connectivity index (χ2v) is 9.69. The molecular formula is C25H26N2O3S. The highest BCUT2D eigenvalue weighted by Crippen LogP contribution is 2.27. The molecule has 1 amide bonds. The zero-order valence-electron chi connectivity index (χ0n) is 17.3. The lowest BCUT2D eigenvalue weighted by molar-refractivity contribution is -0.133. The topological polar surface area (TPSA) is 57.7 Å². The van der Waals surface area contributed by atoms with Gasteiger partial charge in [0.25, 0.3) is 0 Å². The van der Waals surface area contributed by atoms with E-state index < -0.39 is 15.9 Å². The van der Waals surface area contributed by atoms with E-state index in [9.17, 15) is 13.2 Å². The summed E-state index contributed by atoms with van der Waals surface area (Å²) in [5.41, 5.74) is 2.66. The predicted octanol–water partition coefficient (Wildman–Crippen LogP) is 3.49. The highest BCUT2D eigenvalue weighted by Gasteiger charge is 2.33. The zero-order chi connectivity index (χ0) is 21.7. The van der Waals surface area contributed by atoms with Crippen LogP contribution in [0, 0.1) is 0 Å². The molecule has 0 atom stereocenters. The maximum Gasteiger partial charge on any atom is 0.234 e. The molecule has 3 aromatic carbocycles. The Balaban J connectivity index is 1.47. The molecule has 0 saturated carbocycles. The molecule has 4 rings (SSSR count). The van der Waals surface area contributed by atoms with Crippen molar-refractivity contribution in [2.75, 3.05) is 26.2 Å². The van der Waals surface area contributed by atoms with Crippen LogP contribution in [0.4, 0.5) is 0 Å². The maximum absolute atomic E-state index is 13.5. The van der Waals surface area contributed by atoms with Crippen LogP contribution in [0.5, 0.6) is 0 Å². The van der Waals surface area contributed by atoms with Gasteiger partial charge in [-0.25, -0.2) is 8.42 Å². The third-order valence-electron chi connectivity index (χ3n) is 5.65. The molecule has 0 radical (unpaired) electrons. The number of piperazine rings is 1. The van der Waals surface area contributed by atoms with Crippen LogP contribution in [0.15, 0.2) is 91.0 Å². The summed E-state index contributed by atoms with van der Waals surface area (Å²) in [7, 11) is -3.41. The van der Waals surface area contributed by atoms with Gasteiger partial charge in [-0.3, -0.25) is 4.79 Å². The maximum atomic E-state index is 13.5. The third-order valence-corrected chi connectivity index (χ3v) is 7.50. The third kappa shape index (κ3) is 5.03. The van der Waals surface area contributed by atoms with E-state index in [4.69, 9.17) is 0 Å². The molecule has 1 aliphatic heterocycles. The molecule has 1 heterocycles. The van der Waals surface area contributed by atoms with Gasteiger partial charge in [0.05, 0.1) is 11.7 Å². The molecule has 1 fully saturated rings. The fourth-order valence-electron chi connectivity index (χ4n) is 4.01. The van der Waals surface area contributed by atoms with Crippen LogP contribution in [0.2, 0.25) is 0 Å². The van der Waals surface area contributed by atoms with Crippen molar-refractivity contribution in [2.45, 2.75) is 11.7 Å². The monoisotopic (exact) mass is 434 g/mol. The SMILES string of the molecule is O=C(C(c1ccccc1)c1ccccc1)N1CCN(S(=O)(=O)Cc2ccccc2)CC1. The van der Waals surface area contributed by atoms with E-state index in [1.54, 1.807) is 4.90 Å². The second kappa shape index (κ2) is 9.45. The Kier molecular flexibility index (Phi) is 6.49. The Hall–Kier alpha value is -2.96. The van der Waals surface area contributed by atoms with Crippen molar-refractivity contribution < 1.29 is 13.2 Å². The van der Waals surface area contributed by atoms with Gasteiger partial charge in [-0.2, -0.15) is 4.31 Å². The smallest absolute Gasteiger partial charge is 0.234 e. The van der Waals surface area contributed by atoms with E-state index in [1.165, 1.54) is 4.31 Å². The van der Waals surface area contributed by atoms with Gasteiger partial charge in [-0.1, -0.05) is 91.0 Å². The normalized spacial score (nSPS) is 15.2. The molecule has 6 heteroatoms. The molecular weight excluding hydrogens is 408 g/mol. The first-order valence-corrected chi connectivity index (χ1v) is 12.1. The average Bonchev–Trinajstić information content (AvgIpc) is 2.81. The molecule has 1 saturated heterocycles. The fourth-order valence-corrected chi connectivity index (χ4v) is 5.53. The number of sulfonamides is 1. The van der Waals surface area contributed by atoms with Crippen molar-refractivity contribution in [3.05, 3.63) is 108 Å².